The number of rotatable bonds is 5. The van der Waals surface area contributed by atoms with Crippen LogP contribution in [-0.4, -0.2) is 44.3 Å². The molecule has 4 heteroatoms. The van der Waals surface area contributed by atoms with E-state index in [0.717, 1.165) is 13.2 Å². The van der Waals surface area contributed by atoms with E-state index in [2.05, 4.69) is 18.7 Å². The second-order valence-electron chi connectivity index (χ2n) is 4.91. The van der Waals surface area contributed by atoms with Crippen LogP contribution >= 0.6 is 12.4 Å². The first kappa shape index (κ1) is 15.2. The summed E-state index contributed by atoms with van der Waals surface area (Å²) in [6.07, 6.45) is 2.62. The number of hydrogen-bond acceptors (Lipinski definition) is 3. The summed E-state index contributed by atoms with van der Waals surface area (Å²) < 4.78 is 5.37. The summed E-state index contributed by atoms with van der Waals surface area (Å²) in [6, 6.07) is 0. The van der Waals surface area contributed by atoms with Crippen molar-refractivity contribution in [3.8, 4) is 0 Å². The van der Waals surface area contributed by atoms with Crippen LogP contribution in [0, 0.1) is 5.41 Å². The molecule has 0 atom stereocenters. The first-order chi connectivity index (χ1) is 6.64. The van der Waals surface area contributed by atoms with Gasteiger partial charge in [-0.2, -0.15) is 0 Å². The van der Waals surface area contributed by atoms with Gasteiger partial charge in [0.25, 0.3) is 0 Å². The third-order valence-electron chi connectivity index (χ3n) is 3.02. The first-order valence-corrected chi connectivity index (χ1v) is 5.64. The van der Waals surface area contributed by atoms with Crippen molar-refractivity contribution in [1.82, 2.24) is 4.90 Å². The number of ether oxygens (including phenoxy) is 1. The second-order valence-corrected chi connectivity index (χ2v) is 4.91. The van der Waals surface area contributed by atoms with E-state index >= 15 is 0 Å². The van der Waals surface area contributed by atoms with Gasteiger partial charge in [-0.05, 0) is 31.3 Å². The molecule has 3 nitrogen and oxygen atoms in total. The molecule has 92 valence electrons. The van der Waals surface area contributed by atoms with Gasteiger partial charge in [0.1, 0.15) is 0 Å². The molecule has 1 fully saturated rings. The van der Waals surface area contributed by atoms with E-state index in [0.29, 0.717) is 18.6 Å². The molecule has 0 aromatic heterocycles. The minimum Gasteiger partial charge on any atom is -0.379 e. The lowest BCUT2D eigenvalue weighted by Crippen LogP contribution is -2.39. The number of hydrogen-bond donors (Lipinski definition) is 1. The quantitative estimate of drug-likeness (QED) is 0.736. The predicted octanol–water partition coefficient (Wildman–Crippen LogP) is 1.51. The molecule has 0 radical (unpaired) electrons. The van der Waals surface area contributed by atoms with E-state index in [-0.39, 0.29) is 12.4 Å². The molecule has 2 N–H and O–H groups in total. The van der Waals surface area contributed by atoms with Crippen molar-refractivity contribution in [3.05, 3.63) is 0 Å². The minimum absolute atomic E-state index is 0. The maximum atomic E-state index is 5.37. The van der Waals surface area contributed by atoms with E-state index < -0.39 is 0 Å². The van der Waals surface area contributed by atoms with Gasteiger partial charge < -0.3 is 15.4 Å². The summed E-state index contributed by atoms with van der Waals surface area (Å²) in [5.74, 6) is 0. The lowest BCUT2D eigenvalue weighted by Gasteiger charge is -2.36. The van der Waals surface area contributed by atoms with Crippen molar-refractivity contribution in [3.63, 3.8) is 0 Å². The normalized spacial score (nSPS) is 21.0. The monoisotopic (exact) mass is 236 g/mol. The van der Waals surface area contributed by atoms with Crippen LogP contribution in [-0.2, 0) is 4.74 Å². The molecular weight excluding hydrogens is 212 g/mol. The van der Waals surface area contributed by atoms with Gasteiger partial charge in [0.15, 0.2) is 0 Å². The average Bonchev–Trinajstić information content (AvgIpc) is 2.15. The summed E-state index contributed by atoms with van der Waals surface area (Å²) in [5, 5.41) is 0. The highest BCUT2D eigenvalue weighted by atomic mass is 35.5. The van der Waals surface area contributed by atoms with Gasteiger partial charge in [0, 0.05) is 13.1 Å². The Morgan fingerprint density at radius 3 is 2.33 bits per heavy atom. The van der Waals surface area contributed by atoms with Crippen LogP contribution in [0.4, 0.5) is 0 Å². The van der Waals surface area contributed by atoms with Crippen LogP contribution in [0.25, 0.3) is 0 Å². The highest BCUT2D eigenvalue weighted by Crippen LogP contribution is 2.29. The first-order valence-electron chi connectivity index (χ1n) is 5.64. The smallest absolute Gasteiger partial charge is 0.0594 e. The van der Waals surface area contributed by atoms with Gasteiger partial charge in [-0.3, -0.25) is 0 Å². The molecule has 1 saturated heterocycles. The van der Waals surface area contributed by atoms with Crippen LogP contribution in [0.2, 0.25) is 0 Å². The zero-order chi connectivity index (χ0) is 10.4. The SMILES string of the molecule is CC1(C)CCN(CCOCCN)CC1.Cl. The van der Waals surface area contributed by atoms with E-state index in [1.807, 2.05) is 0 Å². The number of nitrogens with two attached hydrogens (primary N) is 1. The fourth-order valence-corrected chi connectivity index (χ4v) is 1.76. The van der Waals surface area contributed by atoms with E-state index in [4.69, 9.17) is 10.5 Å². The number of nitrogens with zero attached hydrogens (tertiary/aromatic N) is 1. The van der Waals surface area contributed by atoms with E-state index in [1.165, 1.54) is 25.9 Å². The average molecular weight is 237 g/mol. The molecule has 0 amide bonds. The maximum absolute atomic E-state index is 5.37. The lowest BCUT2D eigenvalue weighted by atomic mass is 9.83. The minimum atomic E-state index is 0. The highest BCUT2D eigenvalue weighted by Gasteiger charge is 2.24. The Morgan fingerprint density at radius 1 is 1.20 bits per heavy atom. The van der Waals surface area contributed by atoms with E-state index in [9.17, 15) is 0 Å². The molecule has 1 heterocycles. The molecule has 0 aromatic carbocycles. The largest absolute Gasteiger partial charge is 0.379 e. The summed E-state index contributed by atoms with van der Waals surface area (Å²) in [4.78, 5) is 2.49. The van der Waals surface area contributed by atoms with Gasteiger partial charge in [0.2, 0.25) is 0 Å². The maximum Gasteiger partial charge on any atom is 0.0594 e. The third kappa shape index (κ3) is 6.36. The predicted molar refractivity (Wildman–Crippen MR) is 66.6 cm³/mol. The number of likely N-dealkylation sites (tertiary alicyclic amines) is 1. The van der Waals surface area contributed by atoms with Crippen molar-refractivity contribution in [2.75, 3.05) is 39.4 Å². The zero-order valence-corrected chi connectivity index (χ0v) is 10.8. The standard InChI is InChI=1S/C11H24N2O.ClH/c1-11(2)3-6-13(7-4-11)8-10-14-9-5-12;/h3-10,12H2,1-2H3;1H. The number of halogens is 1. The van der Waals surface area contributed by atoms with Crippen LogP contribution < -0.4 is 5.73 Å². The lowest BCUT2D eigenvalue weighted by molar-refractivity contribution is 0.0770. The molecule has 1 aliphatic heterocycles. The topological polar surface area (TPSA) is 38.5 Å². The van der Waals surface area contributed by atoms with E-state index in [1.54, 1.807) is 0 Å². The highest BCUT2D eigenvalue weighted by molar-refractivity contribution is 5.85. The van der Waals surface area contributed by atoms with Gasteiger partial charge in [-0.15, -0.1) is 12.4 Å². The molecule has 0 saturated carbocycles. The molecule has 0 aromatic rings. The van der Waals surface area contributed by atoms with Crippen molar-refractivity contribution in [1.29, 1.82) is 0 Å². The van der Waals surface area contributed by atoms with Gasteiger partial charge in [-0.25, -0.2) is 0 Å². The van der Waals surface area contributed by atoms with Crippen molar-refractivity contribution < 1.29 is 4.74 Å². The van der Waals surface area contributed by atoms with Gasteiger partial charge >= 0.3 is 0 Å². The molecule has 15 heavy (non-hydrogen) atoms. The third-order valence-corrected chi connectivity index (χ3v) is 3.02. The fourth-order valence-electron chi connectivity index (χ4n) is 1.76. The Kier molecular flexibility index (Phi) is 7.53. The van der Waals surface area contributed by atoms with Crippen LogP contribution in [0.5, 0.6) is 0 Å². The second kappa shape index (κ2) is 7.44. The molecule has 0 spiro atoms. The fraction of sp³-hybridized carbons (Fsp3) is 1.00. The summed E-state index contributed by atoms with van der Waals surface area (Å²) in [6.45, 7) is 10.4. The van der Waals surface area contributed by atoms with Crippen LogP contribution in [0.1, 0.15) is 26.7 Å². The Labute approximate surface area is 99.7 Å². The molecule has 0 unspecified atom stereocenters. The summed E-state index contributed by atoms with van der Waals surface area (Å²) in [5.41, 5.74) is 5.89. The Morgan fingerprint density at radius 2 is 1.80 bits per heavy atom. The zero-order valence-electron chi connectivity index (χ0n) is 10.00. The van der Waals surface area contributed by atoms with Crippen molar-refractivity contribution in [2.24, 2.45) is 11.1 Å². The van der Waals surface area contributed by atoms with Gasteiger partial charge in [0.05, 0.1) is 13.2 Å². The van der Waals surface area contributed by atoms with Crippen molar-refractivity contribution >= 4 is 12.4 Å². The Balaban J connectivity index is 0.00000196. The van der Waals surface area contributed by atoms with Crippen LogP contribution in [0.15, 0.2) is 0 Å². The Bertz CT molecular complexity index is 155. The molecular formula is C11H25ClN2O. The Hall–Kier alpha value is 0.170. The summed E-state index contributed by atoms with van der Waals surface area (Å²) >= 11 is 0. The summed E-state index contributed by atoms with van der Waals surface area (Å²) in [7, 11) is 0. The molecule has 1 rings (SSSR count). The molecule has 0 aliphatic carbocycles. The van der Waals surface area contributed by atoms with Gasteiger partial charge in [-0.1, -0.05) is 13.8 Å². The number of piperidine rings is 1. The molecule has 1 aliphatic rings. The van der Waals surface area contributed by atoms with Crippen molar-refractivity contribution in [2.45, 2.75) is 26.7 Å². The van der Waals surface area contributed by atoms with Crippen LogP contribution in [0.3, 0.4) is 0 Å². The molecule has 0 bridgehead atoms.